The fraction of sp³-hybridized carbons (Fsp3) is 0.944. The molecule has 0 heterocycles. The van der Waals surface area contributed by atoms with Crippen LogP contribution >= 0.6 is 0 Å². The Labute approximate surface area is 136 Å². The van der Waals surface area contributed by atoms with Gasteiger partial charge in [-0.3, -0.25) is 0 Å². The molecule has 0 fully saturated rings. The fourth-order valence-corrected chi connectivity index (χ4v) is 2.55. The van der Waals surface area contributed by atoms with E-state index in [2.05, 4.69) is 13.8 Å². The van der Waals surface area contributed by atoms with E-state index in [4.69, 9.17) is 0 Å². The molecule has 1 radical (unpaired) electrons. The van der Waals surface area contributed by atoms with Crippen LogP contribution in [0.15, 0.2) is 0 Å². The van der Waals surface area contributed by atoms with E-state index in [1.54, 1.807) is 0 Å². The van der Waals surface area contributed by atoms with E-state index in [1.165, 1.54) is 96.3 Å². The van der Waals surface area contributed by atoms with Gasteiger partial charge >= 0.3 is 0 Å². The van der Waals surface area contributed by atoms with Gasteiger partial charge in [-0.2, -0.15) is 0 Å². The Morgan fingerprint density at radius 2 is 0.737 bits per heavy atom. The van der Waals surface area contributed by atoms with Gasteiger partial charge in [0.05, 0.1) is 0 Å². The quantitative estimate of drug-likeness (QED) is 0.223. The molecule has 0 bridgehead atoms. The molecule has 111 valence electrons. The monoisotopic (exact) mass is 317 g/mol. The molecule has 0 aromatic rings. The van der Waals surface area contributed by atoms with Gasteiger partial charge in [-0.1, -0.05) is 117 Å². The van der Waals surface area contributed by atoms with Crippen molar-refractivity contribution in [2.75, 3.05) is 0 Å². The third-order valence-electron chi connectivity index (χ3n) is 3.85. The number of rotatable bonds is 15. The predicted molar refractivity (Wildman–Crippen MR) is 84.9 cm³/mol. The van der Waals surface area contributed by atoms with Gasteiger partial charge < -0.3 is 0 Å². The van der Waals surface area contributed by atoms with Gasteiger partial charge in [0.2, 0.25) is 0 Å². The summed E-state index contributed by atoms with van der Waals surface area (Å²) in [5.74, 6) is 0. The van der Waals surface area contributed by atoms with Gasteiger partial charge in [-0.15, -0.1) is 0 Å². The number of hydrogen-bond donors (Lipinski definition) is 0. The first-order valence-electron chi connectivity index (χ1n) is 8.71. The Morgan fingerprint density at radius 1 is 0.474 bits per heavy atom. The third kappa shape index (κ3) is 21.1. The van der Waals surface area contributed by atoms with Crippen LogP contribution in [0.2, 0.25) is 0 Å². The van der Waals surface area contributed by atoms with Crippen LogP contribution in [0, 0.1) is 6.92 Å². The van der Waals surface area contributed by atoms with Crippen LogP contribution in [0.25, 0.3) is 0 Å². The molecular weight excluding hydrogens is 282 g/mol. The Kier molecular flexibility index (Phi) is 24.1. The summed E-state index contributed by atoms with van der Waals surface area (Å²) in [6.07, 6.45) is 22.8. The Bertz CT molecular complexity index is 118. The SMILES string of the molecule is [CH2]CCCCCCCCCCCCCCCCC.[Zn]. The zero-order chi connectivity index (χ0) is 13.3. The smallest absolute Gasteiger partial charge is 0 e. The maximum Gasteiger partial charge on any atom is 0 e. The normalized spacial score (nSPS) is 10.4. The molecule has 0 atom stereocenters. The average molecular weight is 319 g/mol. The topological polar surface area (TPSA) is 0 Å². The van der Waals surface area contributed by atoms with E-state index in [1.807, 2.05) is 0 Å². The van der Waals surface area contributed by atoms with Crippen molar-refractivity contribution >= 4 is 0 Å². The van der Waals surface area contributed by atoms with Crippen molar-refractivity contribution in [2.45, 2.75) is 110 Å². The summed E-state index contributed by atoms with van der Waals surface area (Å²) in [5, 5.41) is 0. The molecule has 0 saturated heterocycles. The maximum absolute atomic E-state index is 3.88. The van der Waals surface area contributed by atoms with Crippen LogP contribution < -0.4 is 0 Å². The second kappa shape index (κ2) is 20.9. The van der Waals surface area contributed by atoms with Crippen molar-refractivity contribution in [2.24, 2.45) is 0 Å². The van der Waals surface area contributed by atoms with Crippen molar-refractivity contribution in [3.63, 3.8) is 0 Å². The number of hydrogen-bond acceptors (Lipinski definition) is 0. The summed E-state index contributed by atoms with van der Waals surface area (Å²) in [6, 6.07) is 0. The largest absolute Gasteiger partial charge is 0.0654 e. The minimum absolute atomic E-state index is 0. The van der Waals surface area contributed by atoms with Crippen molar-refractivity contribution < 1.29 is 19.5 Å². The Morgan fingerprint density at radius 3 is 1.00 bits per heavy atom. The molecule has 0 saturated carbocycles. The van der Waals surface area contributed by atoms with Crippen molar-refractivity contribution in [3.05, 3.63) is 6.92 Å². The molecule has 0 aliphatic heterocycles. The summed E-state index contributed by atoms with van der Waals surface area (Å²) in [6.45, 7) is 6.18. The summed E-state index contributed by atoms with van der Waals surface area (Å²) < 4.78 is 0. The summed E-state index contributed by atoms with van der Waals surface area (Å²) in [4.78, 5) is 0. The van der Waals surface area contributed by atoms with Gasteiger partial charge in [0.15, 0.2) is 0 Å². The molecule has 0 aromatic heterocycles. The van der Waals surface area contributed by atoms with Crippen molar-refractivity contribution in [1.82, 2.24) is 0 Å². The molecule has 0 amide bonds. The van der Waals surface area contributed by atoms with E-state index < -0.39 is 0 Å². The predicted octanol–water partition coefficient (Wildman–Crippen LogP) is 7.08. The molecule has 0 aliphatic rings. The Balaban J connectivity index is 0. The first-order valence-corrected chi connectivity index (χ1v) is 8.71. The molecule has 0 N–H and O–H groups in total. The van der Waals surface area contributed by atoms with Crippen LogP contribution in [0.5, 0.6) is 0 Å². The first kappa shape index (κ1) is 21.9. The van der Waals surface area contributed by atoms with Crippen molar-refractivity contribution in [1.29, 1.82) is 0 Å². The zero-order valence-electron chi connectivity index (χ0n) is 13.7. The van der Waals surface area contributed by atoms with E-state index in [0.29, 0.717) is 0 Å². The molecule has 0 spiro atoms. The molecule has 0 aromatic carbocycles. The van der Waals surface area contributed by atoms with Gasteiger partial charge in [0.25, 0.3) is 0 Å². The van der Waals surface area contributed by atoms with Crippen LogP contribution in [-0.4, -0.2) is 0 Å². The minimum Gasteiger partial charge on any atom is -0.0654 e. The third-order valence-corrected chi connectivity index (χ3v) is 3.85. The second-order valence-electron chi connectivity index (χ2n) is 5.80. The minimum atomic E-state index is 0. The van der Waals surface area contributed by atoms with Crippen LogP contribution in [0.3, 0.4) is 0 Å². The molecule has 0 rings (SSSR count). The van der Waals surface area contributed by atoms with Crippen LogP contribution in [-0.2, 0) is 19.5 Å². The van der Waals surface area contributed by atoms with E-state index in [-0.39, 0.29) is 19.5 Å². The fourth-order valence-electron chi connectivity index (χ4n) is 2.55. The molecular formula is C18H37Zn. The second-order valence-corrected chi connectivity index (χ2v) is 5.80. The van der Waals surface area contributed by atoms with Gasteiger partial charge in [0, 0.05) is 19.5 Å². The zero-order valence-corrected chi connectivity index (χ0v) is 16.7. The molecule has 0 aliphatic carbocycles. The maximum atomic E-state index is 3.88. The molecule has 1 heteroatoms. The van der Waals surface area contributed by atoms with Gasteiger partial charge in [-0.25, -0.2) is 0 Å². The summed E-state index contributed by atoms with van der Waals surface area (Å²) in [5.41, 5.74) is 0. The van der Waals surface area contributed by atoms with Crippen molar-refractivity contribution in [3.8, 4) is 0 Å². The van der Waals surface area contributed by atoms with Gasteiger partial charge in [-0.05, 0) is 0 Å². The van der Waals surface area contributed by atoms with E-state index in [9.17, 15) is 0 Å². The first-order chi connectivity index (χ1) is 8.91. The molecule has 19 heavy (non-hydrogen) atoms. The Hall–Kier alpha value is 0.623. The van der Waals surface area contributed by atoms with E-state index >= 15 is 0 Å². The summed E-state index contributed by atoms with van der Waals surface area (Å²) >= 11 is 0. The standard InChI is InChI=1S/C18H37.Zn/c1-3-5-7-9-11-13-15-17-18-16-14-12-10-8-6-4-2;/h1,3-18H2,2H3;. The molecule has 0 unspecified atom stereocenters. The van der Waals surface area contributed by atoms with Crippen LogP contribution in [0.1, 0.15) is 110 Å². The van der Waals surface area contributed by atoms with Crippen LogP contribution in [0.4, 0.5) is 0 Å². The van der Waals surface area contributed by atoms with Gasteiger partial charge in [0.1, 0.15) is 0 Å². The average Bonchev–Trinajstić information content (AvgIpc) is 2.39. The van der Waals surface area contributed by atoms with E-state index in [0.717, 1.165) is 6.42 Å². The summed E-state index contributed by atoms with van der Waals surface area (Å²) in [7, 11) is 0. The molecule has 0 nitrogen and oxygen atoms in total. The number of unbranched alkanes of at least 4 members (excludes halogenated alkanes) is 15.